The van der Waals surface area contributed by atoms with Gasteiger partial charge < -0.3 is 9.30 Å². The molecule has 7 heteroatoms. The molecule has 1 aromatic heterocycles. The van der Waals surface area contributed by atoms with E-state index in [1.165, 1.54) is 10.5 Å². The van der Waals surface area contributed by atoms with Gasteiger partial charge in [-0.15, -0.1) is 0 Å². The molecule has 2 heterocycles. The minimum atomic E-state index is -0.218. The predicted octanol–water partition coefficient (Wildman–Crippen LogP) is 8.00. The molecule has 198 valence electrons. The monoisotopic (exact) mass is 556 g/mol. The number of aryl methyl sites for hydroxylation is 2. The first-order chi connectivity index (χ1) is 18.9. The van der Waals surface area contributed by atoms with E-state index < -0.39 is 0 Å². The smallest absolute Gasteiger partial charge is 0.293 e. The molecule has 5 nitrogen and oxygen atoms in total. The van der Waals surface area contributed by atoms with Crippen LogP contribution in [-0.4, -0.2) is 27.2 Å². The highest BCUT2D eigenvalue weighted by Gasteiger charge is 2.34. The normalized spacial score (nSPS) is 14.4. The van der Waals surface area contributed by atoms with E-state index in [4.69, 9.17) is 16.3 Å². The molecule has 3 aromatic carbocycles. The number of rotatable bonds is 9. The number of hydrogen-bond donors (Lipinski definition) is 0. The lowest BCUT2D eigenvalue weighted by atomic mass is 10.1. The predicted molar refractivity (Wildman–Crippen MR) is 158 cm³/mol. The zero-order valence-electron chi connectivity index (χ0n) is 21.9. The van der Waals surface area contributed by atoms with E-state index in [0.717, 1.165) is 58.6 Å². The lowest BCUT2D eigenvalue weighted by molar-refractivity contribution is -0.122. The van der Waals surface area contributed by atoms with Crippen molar-refractivity contribution in [1.29, 1.82) is 0 Å². The van der Waals surface area contributed by atoms with Crippen LogP contribution in [0.3, 0.4) is 0 Å². The van der Waals surface area contributed by atoms with Crippen LogP contribution in [0, 0.1) is 13.8 Å². The Bertz CT molecular complexity index is 1510. The van der Waals surface area contributed by atoms with Gasteiger partial charge in [-0.2, -0.15) is 0 Å². The fraction of sp³-hybridized carbons (Fsp3) is 0.188. The molecule has 4 aromatic rings. The minimum Gasteiger partial charge on any atom is -0.489 e. The molecule has 0 bridgehead atoms. The molecule has 2 amide bonds. The average Bonchev–Trinajstić information content (AvgIpc) is 3.37. The van der Waals surface area contributed by atoms with E-state index in [1.54, 1.807) is 0 Å². The third-order valence-electron chi connectivity index (χ3n) is 6.73. The summed E-state index contributed by atoms with van der Waals surface area (Å²) in [6, 6.07) is 27.7. The summed E-state index contributed by atoms with van der Waals surface area (Å²) in [4.78, 5) is 27.5. The quantitative estimate of drug-likeness (QED) is 0.196. The summed E-state index contributed by atoms with van der Waals surface area (Å²) in [7, 11) is 0. The Morgan fingerprint density at radius 2 is 1.62 bits per heavy atom. The van der Waals surface area contributed by atoms with Gasteiger partial charge in [-0.25, -0.2) is 0 Å². The molecule has 5 rings (SSSR count). The number of carbonyl (C=O) groups is 2. The maximum atomic E-state index is 13.0. The van der Waals surface area contributed by atoms with Crippen molar-refractivity contribution in [3.05, 3.63) is 123 Å². The van der Waals surface area contributed by atoms with Gasteiger partial charge in [0.15, 0.2) is 0 Å². The van der Waals surface area contributed by atoms with Crippen molar-refractivity contribution in [2.24, 2.45) is 0 Å². The van der Waals surface area contributed by atoms with Gasteiger partial charge in [0.1, 0.15) is 12.4 Å². The summed E-state index contributed by atoms with van der Waals surface area (Å²) in [5, 5.41) is 0.497. The summed E-state index contributed by atoms with van der Waals surface area (Å²) in [6.07, 6.45) is 3.40. The molecule has 39 heavy (non-hydrogen) atoms. The second-order valence-corrected chi connectivity index (χ2v) is 10.9. The third-order valence-corrected chi connectivity index (χ3v) is 7.89. The summed E-state index contributed by atoms with van der Waals surface area (Å²) in [6.45, 7) is 4.93. The third kappa shape index (κ3) is 6.29. The van der Waals surface area contributed by atoms with Crippen molar-refractivity contribution in [1.82, 2.24) is 9.47 Å². The van der Waals surface area contributed by atoms with Gasteiger partial charge in [-0.05, 0) is 104 Å². The summed E-state index contributed by atoms with van der Waals surface area (Å²) in [5.74, 6) is 0.558. The molecule has 0 unspecified atom stereocenters. The summed E-state index contributed by atoms with van der Waals surface area (Å²) in [5.41, 5.74) is 6.20. The van der Waals surface area contributed by atoms with E-state index in [-0.39, 0.29) is 11.1 Å². The van der Waals surface area contributed by atoms with Crippen molar-refractivity contribution < 1.29 is 14.3 Å². The second-order valence-electron chi connectivity index (χ2n) is 9.49. The maximum absolute atomic E-state index is 13.0. The van der Waals surface area contributed by atoms with Crippen LogP contribution in [0.2, 0.25) is 5.02 Å². The van der Waals surface area contributed by atoms with Gasteiger partial charge in [0.05, 0.1) is 4.91 Å². The van der Waals surface area contributed by atoms with E-state index in [1.807, 2.05) is 92.7 Å². The number of nitrogens with zero attached hydrogens (tertiary/aromatic N) is 2. The first-order valence-electron chi connectivity index (χ1n) is 12.8. The van der Waals surface area contributed by atoms with Crippen LogP contribution < -0.4 is 4.74 Å². The molecule has 1 saturated heterocycles. The molecule has 1 fully saturated rings. The van der Waals surface area contributed by atoms with E-state index in [9.17, 15) is 9.59 Å². The van der Waals surface area contributed by atoms with E-state index >= 15 is 0 Å². The van der Waals surface area contributed by atoms with Crippen LogP contribution in [0.15, 0.2) is 89.8 Å². The van der Waals surface area contributed by atoms with Gasteiger partial charge in [0.2, 0.25) is 0 Å². The molecule has 0 spiro atoms. The first kappa shape index (κ1) is 26.9. The number of imide groups is 1. The van der Waals surface area contributed by atoms with Crippen molar-refractivity contribution in [2.45, 2.75) is 33.3 Å². The summed E-state index contributed by atoms with van der Waals surface area (Å²) >= 11 is 6.97. The highest BCUT2D eigenvalue weighted by Crippen LogP contribution is 2.34. The Balaban J connectivity index is 1.25. The van der Waals surface area contributed by atoms with E-state index in [2.05, 4.69) is 16.7 Å². The number of amides is 2. The molecule has 1 aliphatic heterocycles. The van der Waals surface area contributed by atoms with Crippen LogP contribution in [0.5, 0.6) is 5.75 Å². The van der Waals surface area contributed by atoms with Crippen molar-refractivity contribution in [2.75, 3.05) is 6.54 Å². The minimum absolute atomic E-state index is 0.206. The topological polar surface area (TPSA) is 51.5 Å². The number of halogens is 1. The number of aromatic nitrogens is 1. The Morgan fingerprint density at radius 1 is 0.897 bits per heavy atom. The lowest BCUT2D eigenvalue weighted by Gasteiger charge is -2.12. The van der Waals surface area contributed by atoms with Crippen LogP contribution in [0.25, 0.3) is 11.8 Å². The fourth-order valence-corrected chi connectivity index (χ4v) is 5.67. The number of ether oxygens (including phenoxy) is 1. The van der Waals surface area contributed by atoms with E-state index in [0.29, 0.717) is 23.1 Å². The van der Waals surface area contributed by atoms with Crippen LogP contribution in [-0.2, 0) is 17.8 Å². The molecule has 0 N–H and O–H groups in total. The van der Waals surface area contributed by atoms with Crippen LogP contribution in [0.4, 0.5) is 4.79 Å². The van der Waals surface area contributed by atoms with Crippen molar-refractivity contribution >= 4 is 40.6 Å². The SMILES string of the molecule is Cc1cc(/C=C2/SC(=O)N(CCCc3ccccc3)C2=O)c(C)n1-c1ccc(OCc2ccc(Cl)cc2)cc1. The van der Waals surface area contributed by atoms with Gasteiger partial charge in [0, 0.05) is 28.6 Å². The Morgan fingerprint density at radius 3 is 2.33 bits per heavy atom. The zero-order chi connectivity index (χ0) is 27.4. The Labute approximate surface area is 238 Å². The van der Waals surface area contributed by atoms with Gasteiger partial charge in [0.25, 0.3) is 11.1 Å². The van der Waals surface area contributed by atoms with Crippen molar-refractivity contribution in [3.63, 3.8) is 0 Å². The van der Waals surface area contributed by atoms with Crippen LogP contribution >= 0.6 is 23.4 Å². The zero-order valence-corrected chi connectivity index (χ0v) is 23.5. The molecule has 0 atom stereocenters. The van der Waals surface area contributed by atoms with Gasteiger partial charge in [-0.3, -0.25) is 14.5 Å². The Hall–Kier alpha value is -3.74. The van der Waals surface area contributed by atoms with Gasteiger partial charge >= 0.3 is 0 Å². The summed E-state index contributed by atoms with van der Waals surface area (Å²) < 4.78 is 8.06. The molecule has 0 radical (unpaired) electrons. The maximum Gasteiger partial charge on any atom is 0.293 e. The fourth-order valence-electron chi connectivity index (χ4n) is 4.69. The van der Waals surface area contributed by atoms with Crippen molar-refractivity contribution in [3.8, 4) is 11.4 Å². The van der Waals surface area contributed by atoms with Gasteiger partial charge in [-0.1, -0.05) is 54.1 Å². The standard InChI is InChI=1S/C32H29ClN2O3S/c1-22-19-26(20-30-31(36)34(32(37)39-30)18-6-9-24-7-4-3-5-8-24)23(2)35(22)28-14-16-29(17-15-28)38-21-25-10-12-27(33)13-11-25/h3-5,7-8,10-17,19-20H,6,9,18,21H2,1-2H3/b30-20+. The second kappa shape index (κ2) is 12.0. The number of hydrogen-bond acceptors (Lipinski definition) is 4. The number of thioether (sulfide) groups is 1. The molecular weight excluding hydrogens is 528 g/mol. The first-order valence-corrected chi connectivity index (χ1v) is 14.0. The number of carbonyl (C=O) groups excluding carboxylic acids is 2. The number of benzene rings is 3. The highest BCUT2D eigenvalue weighted by molar-refractivity contribution is 8.18. The molecule has 0 aliphatic carbocycles. The van der Waals surface area contributed by atoms with Crippen LogP contribution in [0.1, 0.15) is 34.5 Å². The molecule has 1 aliphatic rings. The molecule has 0 saturated carbocycles. The largest absolute Gasteiger partial charge is 0.489 e. The lowest BCUT2D eigenvalue weighted by Crippen LogP contribution is -2.29. The average molecular weight is 557 g/mol. The Kier molecular flexibility index (Phi) is 8.24. The molecular formula is C32H29ClN2O3S. The highest BCUT2D eigenvalue weighted by atomic mass is 35.5.